The van der Waals surface area contributed by atoms with E-state index in [1.807, 2.05) is 24.3 Å². The molecule has 1 aromatic carbocycles. The van der Waals surface area contributed by atoms with E-state index in [1.54, 1.807) is 22.6 Å². The van der Waals surface area contributed by atoms with Crippen LogP contribution in [0.5, 0.6) is 0 Å². The molecule has 0 aliphatic rings. The highest BCUT2D eigenvalue weighted by Gasteiger charge is 1.96. The summed E-state index contributed by atoms with van der Waals surface area (Å²) in [6.07, 6.45) is 0. The molecular formula is C7H8IN2OP. The number of rotatable bonds is 2. The summed E-state index contributed by atoms with van der Waals surface area (Å²) in [6.45, 7) is 0. The molecule has 2 N–H and O–H groups in total. The topological polar surface area (TPSA) is 41.1 Å². The number of benzene rings is 1. The van der Waals surface area contributed by atoms with Crippen molar-refractivity contribution in [3.05, 3.63) is 24.3 Å². The Balaban J connectivity index is 2.79. The van der Waals surface area contributed by atoms with Gasteiger partial charge in [-0.2, -0.15) is 0 Å². The fourth-order valence-electron chi connectivity index (χ4n) is 0.800. The van der Waals surface area contributed by atoms with Crippen LogP contribution in [0.25, 0.3) is 0 Å². The van der Waals surface area contributed by atoms with Gasteiger partial charge in [0, 0.05) is 34.0 Å². The molecule has 0 aliphatic carbocycles. The highest BCUT2D eigenvalue weighted by Crippen LogP contribution is 2.16. The number of anilines is 2. The van der Waals surface area contributed by atoms with Crippen molar-refractivity contribution in [2.75, 3.05) is 10.4 Å². The number of halogens is 1. The van der Waals surface area contributed by atoms with Crippen LogP contribution in [-0.2, 0) is 0 Å². The third-order valence-corrected chi connectivity index (χ3v) is 1.87. The van der Waals surface area contributed by atoms with Gasteiger partial charge in [-0.1, -0.05) is 6.07 Å². The molecule has 0 fully saturated rings. The number of nitrogens with one attached hydrogen (secondary N) is 2. The smallest absolute Gasteiger partial charge is 0.284 e. The average molecular weight is 294 g/mol. The van der Waals surface area contributed by atoms with E-state index >= 15 is 0 Å². The molecule has 1 atom stereocenters. The van der Waals surface area contributed by atoms with Crippen LogP contribution in [0.2, 0.25) is 0 Å². The summed E-state index contributed by atoms with van der Waals surface area (Å²) < 4.78 is -0.0893. The SMILES string of the molecule is O=C(I)Nc1cccc(NP)c1. The zero-order valence-electron chi connectivity index (χ0n) is 6.17. The molecule has 5 heteroatoms. The van der Waals surface area contributed by atoms with Crippen LogP contribution in [0.15, 0.2) is 24.3 Å². The maximum Gasteiger partial charge on any atom is 0.284 e. The maximum absolute atomic E-state index is 10.7. The Morgan fingerprint density at radius 2 is 2.08 bits per heavy atom. The molecule has 0 spiro atoms. The Kier molecular flexibility index (Phi) is 3.75. The van der Waals surface area contributed by atoms with Crippen LogP contribution in [0.1, 0.15) is 0 Å². The normalized spacial score (nSPS) is 9.17. The van der Waals surface area contributed by atoms with Crippen molar-refractivity contribution in [2.45, 2.75) is 0 Å². The van der Waals surface area contributed by atoms with Crippen molar-refractivity contribution >= 4 is 47.3 Å². The first-order chi connectivity index (χ1) is 5.72. The van der Waals surface area contributed by atoms with Crippen molar-refractivity contribution < 1.29 is 4.79 Å². The fourth-order valence-corrected chi connectivity index (χ4v) is 1.29. The predicted molar refractivity (Wildman–Crippen MR) is 62.8 cm³/mol. The molecule has 0 radical (unpaired) electrons. The van der Waals surface area contributed by atoms with Crippen molar-refractivity contribution in [3.63, 3.8) is 0 Å². The van der Waals surface area contributed by atoms with Crippen LogP contribution in [-0.4, -0.2) is 3.91 Å². The van der Waals surface area contributed by atoms with Crippen molar-refractivity contribution in [2.24, 2.45) is 0 Å². The summed E-state index contributed by atoms with van der Waals surface area (Å²) in [5, 5.41) is 5.58. The zero-order chi connectivity index (χ0) is 8.97. The van der Waals surface area contributed by atoms with Gasteiger partial charge in [0.1, 0.15) is 0 Å². The number of hydrogen-bond acceptors (Lipinski definition) is 2. The van der Waals surface area contributed by atoms with Crippen LogP contribution in [0, 0.1) is 0 Å². The van der Waals surface area contributed by atoms with E-state index in [0.717, 1.165) is 11.4 Å². The maximum atomic E-state index is 10.7. The standard InChI is InChI=1S/C7H8IN2OP/c8-7(11)9-5-2-1-3-6(4-5)10-12/h1-4,10H,12H2,(H,9,11). The second kappa shape index (κ2) is 4.62. The first-order valence-electron chi connectivity index (χ1n) is 3.25. The van der Waals surface area contributed by atoms with E-state index in [1.165, 1.54) is 0 Å². The van der Waals surface area contributed by atoms with Gasteiger partial charge in [-0.25, -0.2) is 0 Å². The number of carbonyl (C=O) groups excluding carboxylic acids is 1. The summed E-state index contributed by atoms with van der Waals surface area (Å²) in [5.74, 6) is 0. The predicted octanol–water partition coefficient (Wildman–Crippen LogP) is 2.86. The van der Waals surface area contributed by atoms with Gasteiger partial charge in [0.05, 0.1) is 0 Å². The monoisotopic (exact) mass is 294 g/mol. The molecule has 0 aliphatic heterocycles. The van der Waals surface area contributed by atoms with Gasteiger partial charge < -0.3 is 10.4 Å². The average Bonchev–Trinajstić information content (AvgIpc) is 2.03. The minimum absolute atomic E-state index is 0.0893. The molecule has 0 aromatic heterocycles. The lowest BCUT2D eigenvalue weighted by atomic mass is 10.3. The van der Waals surface area contributed by atoms with E-state index in [4.69, 9.17) is 0 Å². The van der Waals surface area contributed by atoms with E-state index in [9.17, 15) is 4.79 Å². The van der Waals surface area contributed by atoms with E-state index in [-0.39, 0.29) is 3.91 Å². The second-order valence-corrected chi connectivity index (χ2v) is 3.39. The highest BCUT2D eigenvalue weighted by atomic mass is 127. The highest BCUT2D eigenvalue weighted by molar-refractivity contribution is 14.1. The zero-order valence-corrected chi connectivity index (χ0v) is 9.49. The Labute approximate surface area is 86.7 Å². The molecule has 3 nitrogen and oxygen atoms in total. The molecule has 1 unspecified atom stereocenters. The van der Waals surface area contributed by atoms with Crippen LogP contribution in [0.4, 0.5) is 16.2 Å². The molecule has 0 saturated heterocycles. The summed E-state index contributed by atoms with van der Waals surface area (Å²) >= 11 is 1.69. The third kappa shape index (κ3) is 2.95. The quantitative estimate of drug-likeness (QED) is 0.381. The molecule has 12 heavy (non-hydrogen) atoms. The molecule has 0 heterocycles. The Morgan fingerprint density at radius 3 is 2.67 bits per heavy atom. The fraction of sp³-hybridized carbons (Fsp3) is 0. The molecule has 1 amide bonds. The molecule has 1 rings (SSSR count). The Bertz CT molecular complexity index is 292. The lowest BCUT2D eigenvalue weighted by Crippen LogP contribution is -1.99. The molecule has 0 bridgehead atoms. The third-order valence-electron chi connectivity index (χ3n) is 1.27. The van der Waals surface area contributed by atoms with Gasteiger partial charge >= 0.3 is 0 Å². The van der Waals surface area contributed by atoms with Gasteiger partial charge in [-0.3, -0.25) is 4.79 Å². The first kappa shape index (κ1) is 9.74. The summed E-state index contributed by atoms with van der Waals surface area (Å²) in [5.41, 5.74) is 1.74. The van der Waals surface area contributed by atoms with Crippen LogP contribution in [0.3, 0.4) is 0 Å². The molecule has 64 valence electrons. The Hall–Kier alpha value is -0.350. The molecule has 1 aromatic rings. The molecular weight excluding hydrogens is 286 g/mol. The number of hydrogen-bond donors (Lipinski definition) is 2. The van der Waals surface area contributed by atoms with Crippen molar-refractivity contribution in [1.29, 1.82) is 0 Å². The number of carbonyl (C=O) groups is 1. The minimum atomic E-state index is -0.0893. The van der Waals surface area contributed by atoms with Gasteiger partial charge in [0.2, 0.25) is 0 Å². The van der Waals surface area contributed by atoms with Gasteiger partial charge in [0.15, 0.2) is 0 Å². The molecule has 0 saturated carbocycles. The largest absolute Gasteiger partial charge is 0.369 e. The van der Waals surface area contributed by atoms with Crippen LogP contribution < -0.4 is 10.4 Å². The van der Waals surface area contributed by atoms with E-state index in [2.05, 4.69) is 19.8 Å². The summed E-state index contributed by atoms with van der Waals surface area (Å²) in [7, 11) is 2.40. The summed E-state index contributed by atoms with van der Waals surface area (Å²) in [4.78, 5) is 10.7. The van der Waals surface area contributed by atoms with Gasteiger partial charge in [-0.15, -0.1) is 0 Å². The van der Waals surface area contributed by atoms with Crippen LogP contribution >= 0.6 is 32.0 Å². The number of amides is 1. The lowest BCUT2D eigenvalue weighted by Gasteiger charge is -2.03. The van der Waals surface area contributed by atoms with E-state index < -0.39 is 0 Å². The first-order valence-corrected chi connectivity index (χ1v) is 4.91. The van der Waals surface area contributed by atoms with Gasteiger partial charge in [0.25, 0.3) is 3.91 Å². The Morgan fingerprint density at radius 1 is 1.42 bits per heavy atom. The minimum Gasteiger partial charge on any atom is -0.369 e. The lowest BCUT2D eigenvalue weighted by molar-refractivity contribution is 0.272. The van der Waals surface area contributed by atoms with Crippen molar-refractivity contribution in [1.82, 2.24) is 0 Å². The van der Waals surface area contributed by atoms with Crippen molar-refractivity contribution in [3.8, 4) is 0 Å². The summed E-state index contributed by atoms with van der Waals surface area (Å²) in [6, 6.07) is 7.47. The van der Waals surface area contributed by atoms with E-state index in [0.29, 0.717) is 0 Å². The second-order valence-electron chi connectivity index (χ2n) is 2.12. The van der Waals surface area contributed by atoms with Gasteiger partial charge in [-0.05, 0) is 27.6 Å².